The second-order valence-corrected chi connectivity index (χ2v) is 7.96. The lowest BCUT2D eigenvalue weighted by molar-refractivity contribution is -0.143. The van der Waals surface area contributed by atoms with Crippen LogP contribution < -0.4 is 10.1 Å². The van der Waals surface area contributed by atoms with Crippen LogP contribution in [0.2, 0.25) is 0 Å². The van der Waals surface area contributed by atoms with Crippen molar-refractivity contribution >= 4 is 11.8 Å². The van der Waals surface area contributed by atoms with E-state index in [4.69, 9.17) is 9.47 Å². The molecule has 1 aliphatic carbocycles. The molecule has 2 aliphatic rings. The molecule has 1 atom stereocenters. The molecule has 1 aromatic rings. The molecule has 5 nitrogen and oxygen atoms in total. The molecule has 156 valence electrons. The Kier molecular flexibility index (Phi) is 6.78. The molecule has 0 spiro atoms. The van der Waals surface area contributed by atoms with Gasteiger partial charge in [-0.05, 0) is 46.1 Å². The first-order valence-corrected chi connectivity index (χ1v) is 10.6. The number of esters is 1. The summed E-state index contributed by atoms with van der Waals surface area (Å²) in [6, 6.07) is 7.73. The molecule has 1 aliphatic heterocycles. The van der Waals surface area contributed by atoms with Gasteiger partial charge in [-0.3, -0.25) is 4.79 Å². The summed E-state index contributed by atoms with van der Waals surface area (Å²) in [4.78, 5) is 26.0. The Labute approximate surface area is 173 Å². The van der Waals surface area contributed by atoms with Gasteiger partial charge in [-0.1, -0.05) is 31.5 Å². The molecule has 0 saturated heterocycles. The van der Waals surface area contributed by atoms with E-state index < -0.39 is 5.92 Å². The summed E-state index contributed by atoms with van der Waals surface area (Å²) in [6.45, 7) is 8.26. The van der Waals surface area contributed by atoms with Gasteiger partial charge in [0.05, 0.1) is 24.2 Å². The van der Waals surface area contributed by atoms with Gasteiger partial charge in [-0.15, -0.1) is 0 Å². The van der Waals surface area contributed by atoms with Crippen molar-refractivity contribution in [3.8, 4) is 5.75 Å². The van der Waals surface area contributed by atoms with Crippen LogP contribution in [0.3, 0.4) is 0 Å². The van der Waals surface area contributed by atoms with Gasteiger partial charge in [0.15, 0.2) is 5.78 Å². The van der Waals surface area contributed by atoms with Crippen molar-refractivity contribution in [2.24, 2.45) is 0 Å². The molecule has 0 fully saturated rings. The molecule has 1 aromatic carbocycles. The largest absolute Gasteiger partial charge is 0.493 e. The van der Waals surface area contributed by atoms with Crippen LogP contribution in [0.1, 0.15) is 71.3 Å². The number of carbonyl (C=O) groups is 2. The van der Waals surface area contributed by atoms with Crippen molar-refractivity contribution in [3.63, 3.8) is 0 Å². The van der Waals surface area contributed by atoms with E-state index in [2.05, 4.69) is 12.2 Å². The molecule has 3 rings (SSSR count). The second-order valence-electron chi connectivity index (χ2n) is 7.96. The fourth-order valence-corrected chi connectivity index (χ4v) is 4.02. The molecule has 0 aromatic heterocycles. The predicted octanol–water partition coefficient (Wildman–Crippen LogP) is 4.79. The van der Waals surface area contributed by atoms with E-state index in [9.17, 15) is 9.59 Å². The van der Waals surface area contributed by atoms with E-state index in [0.29, 0.717) is 24.2 Å². The lowest BCUT2D eigenvalue weighted by Gasteiger charge is -2.35. The quantitative estimate of drug-likeness (QED) is 0.530. The van der Waals surface area contributed by atoms with Crippen LogP contribution in [0.15, 0.2) is 46.8 Å². The van der Waals surface area contributed by atoms with Crippen molar-refractivity contribution < 1.29 is 19.1 Å². The highest BCUT2D eigenvalue weighted by atomic mass is 16.5. The number of Topliss-reactive ketones (excluding diaryl/α,β-unsaturated/α-hetero) is 1. The van der Waals surface area contributed by atoms with Gasteiger partial charge in [-0.25, -0.2) is 4.79 Å². The summed E-state index contributed by atoms with van der Waals surface area (Å²) in [5.74, 6) is -0.0402. The summed E-state index contributed by atoms with van der Waals surface area (Å²) >= 11 is 0. The van der Waals surface area contributed by atoms with E-state index >= 15 is 0 Å². The number of carbonyl (C=O) groups excluding carboxylic acids is 2. The minimum absolute atomic E-state index is 0.0921. The average Bonchev–Trinajstić information content (AvgIpc) is 2.67. The van der Waals surface area contributed by atoms with Crippen molar-refractivity contribution in [2.45, 2.75) is 71.8 Å². The zero-order valence-corrected chi connectivity index (χ0v) is 17.8. The second kappa shape index (κ2) is 9.29. The Morgan fingerprint density at radius 2 is 2.00 bits per heavy atom. The maximum Gasteiger partial charge on any atom is 0.337 e. The average molecular weight is 398 g/mol. The van der Waals surface area contributed by atoms with Gasteiger partial charge >= 0.3 is 5.97 Å². The van der Waals surface area contributed by atoms with Crippen LogP contribution in [-0.2, 0) is 14.3 Å². The molecule has 29 heavy (non-hydrogen) atoms. The predicted molar refractivity (Wildman–Crippen MR) is 113 cm³/mol. The maximum atomic E-state index is 13.1. The molecule has 1 N–H and O–H groups in total. The fourth-order valence-electron chi connectivity index (χ4n) is 4.02. The lowest BCUT2D eigenvalue weighted by atomic mass is 9.75. The minimum Gasteiger partial charge on any atom is -0.493 e. The third-order valence-electron chi connectivity index (χ3n) is 5.32. The molecule has 0 unspecified atom stereocenters. The van der Waals surface area contributed by atoms with Crippen LogP contribution >= 0.6 is 0 Å². The number of benzene rings is 1. The molecular formula is C24H31NO4. The van der Waals surface area contributed by atoms with E-state index in [1.165, 1.54) is 0 Å². The Balaban J connectivity index is 2.11. The molecule has 0 bridgehead atoms. The molecule has 0 amide bonds. The zero-order valence-electron chi connectivity index (χ0n) is 17.8. The van der Waals surface area contributed by atoms with E-state index in [0.717, 1.165) is 48.4 Å². The Morgan fingerprint density at radius 3 is 2.72 bits per heavy atom. The van der Waals surface area contributed by atoms with Gasteiger partial charge in [0, 0.05) is 29.0 Å². The summed E-state index contributed by atoms with van der Waals surface area (Å²) in [6.07, 6.45) is 3.88. The van der Waals surface area contributed by atoms with E-state index in [1.807, 2.05) is 45.0 Å². The standard InChI is InChI=1S/C24H31NO4/c1-5-6-14-28-20-13-8-7-10-17(20)22-21(24(27)29-15(2)3)16(4)25-18-11-9-12-19(26)23(18)22/h7-8,10,13,15,22,25H,5-6,9,11-12,14H2,1-4H3/t22-/m0/s1. The van der Waals surface area contributed by atoms with Crippen LogP contribution in [0.4, 0.5) is 0 Å². The highest BCUT2D eigenvalue weighted by Crippen LogP contribution is 2.45. The Morgan fingerprint density at radius 1 is 1.24 bits per heavy atom. The minimum atomic E-state index is -0.469. The number of hydrogen-bond acceptors (Lipinski definition) is 5. The smallest absolute Gasteiger partial charge is 0.337 e. The van der Waals surface area contributed by atoms with E-state index in [-0.39, 0.29) is 17.9 Å². The first-order chi connectivity index (χ1) is 13.9. The molecule has 0 radical (unpaired) electrons. The first kappa shape index (κ1) is 21.2. The summed E-state index contributed by atoms with van der Waals surface area (Å²) in [5, 5.41) is 3.32. The maximum absolute atomic E-state index is 13.1. The van der Waals surface area contributed by atoms with Crippen LogP contribution in [-0.4, -0.2) is 24.5 Å². The number of hydrogen-bond donors (Lipinski definition) is 1. The van der Waals surface area contributed by atoms with Gasteiger partial charge in [0.1, 0.15) is 5.75 Å². The molecule has 0 saturated carbocycles. The van der Waals surface area contributed by atoms with Crippen LogP contribution in [0.5, 0.6) is 5.75 Å². The molecular weight excluding hydrogens is 366 g/mol. The number of dihydropyridines is 1. The highest BCUT2D eigenvalue weighted by Gasteiger charge is 2.40. The number of allylic oxidation sites excluding steroid dienone is 3. The molecule has 5 heteroatoms. The van der Waals surface area contributed by atoms with E-state index in [1.54, 1.807) is 0 Å². The monoisotopic (exact) mass is 397 g/mol. The van der Waals surface area contributed by atoms with Gasteiger partial charge in [0.25, 0.3) is 0 Å². The SMILES string of the molecule is CCCCOc1ccccc1[C@H]1C(C(=O)OC(C)C)=C(C)NC2=C1C(=O)CCC2. The van der Waals surface area contributed by atoms with Crippen molar-refractivity contribution in [1.29, 1.82) is 0 Å². The zero-order chi connectivity index (χ0) is 21.0. The summed E-state index contributed by atoms with van der Waals surface area (Å²) in [7, 11) is 0. The number of unbranched alkanes of at least 4 members (excludes halogenated alkanes) is 1. The summed E-state index contributed by atoms with van der Waals surface area (Å²) < 4.78 is 11.6. The number of ketones is 1. The third-order valence-corrected chi connectivity index (χ3v) is 5.32. The number of para-hydroxylation sites is 1. The van der Waals surface area contributed by atoms with Crippen LogP contribution in [0.25, 0.3) is 0 Å². The highest BCUT2D eigenvalue weighted by molar-refractivity contribution is 6.04. The van der Waals surface area contributed by atoms with Gasteiger partial charge in [0.2, 0.25) is 0 Å². The van der Waals surface area contributed by atoms with Gasteiger partial charge in [-0.2, -0.15) is 0 Å². The van der Waals surface area contributed by atoms with Crippen molar-refractivity contribution in [1.82, 2.24) is 5.32 Å². The number of ether oxygens (including phenoxy) is 2. The number of rotatable bonds is 7. The lowest BCUT2D eigenvalue weighted by Crippen LogP contribution is -2.35. The number of nitrogens with one attached hydrogen (secondary N) is 1. The first-order valence-electron chi connectivity index (χ1n) is 10.6. The van der Waals surface area contributed by atoms with Gasteiger partial charge < -0.3 is 14.8 Å². The summed E-state index contributed by atoms with van der Waals surface area (Å²) in [5.41, 5.74) is 3.71. The fraction of sp³-hybridized carbons (Fsp3) is 0.500. The van der Waals surface area contributed by atoms with Crippen molar-refractivity contribution in [3.05, 3.63) is 52.4 Å². The normalized spacial score (nSPS) is 19.2. The molecule has 1 heterocycles. The topological polar surface area (TPSA) is 64.6 Å². The Bertz CT molecular complexity index is 850. The van der Waals surface area contributed by atoms with Crippen molar-refractivity contribution in [2.75, 3.05) is 6.61 Å². The Hall–Kier alpha value is -2.56. The van der Waals surface area contributed by atoms with Crippen LogP contribution in [0, 0.1) is 0 Å². The third kappa shape index (κ3) is 4.55.